The summed E-state index contributed by atoms with van der Waals surface area (Å²) in [5.41, 5.74) is 1.99. The second kappa shape index (κ2) is 8.46. The van der Waals surface area contributed by atoms with Crippen molar-refractivity contribution >= 4 is 6.09 Å². The normalized spacial score (nSPS) is 24.5. The molecule has 0 spiro atoms. The minimum absolute atomic E-state index is 0.0676. The van der Waals surface area contributed by atoms with Crippen LogP contribution < -0.4 is 5.56 Å². The van der Waals surface area contributed by atoms with Crippen molar-refractivity contribution in [2.45, 2.75) is 63.1 Å². The summed E-state index contributed by atoms with van der Waals surface area (Å²) >= 11 is 0. The van der Waals surface area contributed by atoms with E-state index in [9.17, 15) is 9.59 Å². The molecule has 5 rings (SSSR count). The number of amides is 1. The Morgan fingerprint density at radius 3 is 2.39 bits per heavy atom. The summed E-state index contributed by atoms with van der Waals surface area (Å²) in [4.78, 5) is 38.9. The molecule has 1 aliphatic carbocycles. The fourth-order valence-electron chi connectivity index (χ4n) is 5.38. The molecule has 1 aromatic carbocycles. The first kappa shape index (κ1) is 21.4. The van der Waals surface area contributed by atoms with E-state index in [-0.39, 0.29) is 29.7 Å². The van der Waals surface area contributed by atoms with Gasteiger partial charge in [-0.1, -0.05) is 30.3 Å². The smallest absolute Gasteiger partial charge is 0.411 e. The predicted molar refractivity (Wildman–Crippen MR) is 125 cm³/mol. The van der Waals surface area contributed by atoms with Gasteiger partial charge in [0.15, 0.2) is 5.82 Å². The number of aromatic amines is 1. The molecule has 0 bridgehead atoms. The van der Waals surface area contributed by atoms with Crippen LogP contribution in [0.5, 0.6) is 0 Å². The molecule has 170 valence electrons. The van der Waals surface area contributed by atoms with E-state index in [4.69, 9.17) is 4.74 Å². The molecular formula is C26H28N4O3. The summed E-state index contributed by atoms with van der Waals surface area (Å²) < 4.78 is 5.79. The Balaban J connectivity index is 1.36. The van der Waals surface area contributed by atoms with Crippen molar-refractivity contribution in [1.82, 2.24) is 19.9 Å². The van der Waals surface area contributed by atoms with Crippen molar-refractivity contribution in [1.29, 1.82) is 0 Å². The Morgan fingerprint density at radius 2 is 1.70 bits per heavy atom. The van der Waals surface area contributed by atoms with E-state index < -0.39 is 5.60 Å². The number of aromatic nitrogens is 3. The third-order valence-corrected chi connectivity index (χ3v) is 6.90. The number of cyclic esters (lactones) is 1. The lowest BCUT2D eigenvalue weighted by Crippen LogP contribution is -2.42. The monoisotopic (exact) mass is 444 g/mol. The molecule has 0 radical (unpaired) electrons. The van der Waals surface area contributed by atoms with Gasteiger partial charge in [0.25, 0.3) is 5.56 Å². The molecule has 7 nitrogen and oxygen atoms in total. The molecule has 2 fully saturated rings. The highest BCUT2D eigenvalue weighted by Gasteiger charge is 2.51. The van der Waals surface area contributed by atoms with Crippen molar-refractivity contribution in [3.05, 3.63) is 82.5 Å². The molecule has 3 heterocycles. The third-order valence-electron chi connectivity index (χ3n) is 6.90. The lowest BCUT2D eigenvalue weighted by atomic mass is 9.80. The predicted octanol–water partition coefficient (Wildman–Crippen LogP) is 4.83. The van der Waals surface area contributed by atoms with E-state index in [1.54, 1.807) is 24.7 Å². The van der Waals surface area contributed by atoms with Crippen molar-refractivity contribution < 1.29 is 9.53 Å². The van der Waals surface area contributed by atoms with Crippen molar-refractivity contribution in [3.63, 3.8) is 0 Å². The number of benzene rings is 1. The van der Waals surface area contributed by atoms with E-state index >= 15 is 0 Å². The molecule has 1 atom stereocenters. The van der Waals surface area contributed by atoms with Gasteiger partial charge in [-0.05, 0) is 63.1 Å². The molecule has 2 aliphatic rings. The third kappa shape index (κ3) is 4.03. The first-order chi connectivity index (χ1) is 15.9. The van der Waals surface area contributed by atoms with Gasteiger partial charge in [-0.2, -0.15) is 0 Å². The van der Waals surface area contributed by atoms with Crippen LogP contribution in [-0.4, -0.2) is 37.6 Å². The SMILES string of the molecule is CC1(C)OC(=O)N([C@H]2CC[C@H](c3cc(-c4ncccn4)c[nH]c3=O)CC2)[C@@H]1c1ccccc1. The molecule has 1 saturated carbocycles. The van der Waals surface area contributed by atoms with Gasteiger partial charge in [-0.15, -0.1) is 0 Å². The number of nitrogens with one attached hydrogen (secondary N) is 1. The van der Waals surface area contributed by atoms with Gasteiger partial charge in [-0.3, -0.25) is 9.69 Å². The van der Waals surface area contributed by atoms with Gasteiger partial charge in [0.1, 0.15) is 5.60 Å². The van der Waals surface area contributed by atoms with Crippen LogP contribution in [0.3, 0.4) is 0 Å². The van der Waals surface area contributed by atoms with E-state index in [1.165, 1.54) is 0 Å². The van der Waals surface area contributed by atoms with Crippen LogP contribution in [0.15, 0.2) is 65.8 Å². The number of rotatable bonds is 4. The van der Waals surface area contributed by atoms with Crippen molar-refractivity contribution in [2.75, 3.05) is 0 Å². The maximum Gasteiger partial charge on any atom is 0.411 e. The Labute approximate surface area is 192 Å². The lowest BCUT2D eigenvalue weighted by molar-refractivity contribution is 0.0664. The zero-order valence-corrected chi connectivity index (χ0v) is 18.9. The maximum absolute atomic E-state index is 12.9. The molecule has 1 N–H and O–H groups in total. The molecule has 1 aliphatic heterocycles. The van der Waals surface area contributed by atoms with Crippen molar-refractivity contribution in [2.24, 2.45) is 0 Å². The average Bonchev–Trinajstić information content (AvgIpc) is 3.08. The second-order valence-corrected chi connectivity index (χ2v) is 9.44. The number of pyridine rings is 1. The first-order valence-corrected chi connectivity index (χ1v) is 11.5. The second-order valence-electron chi connectivity index (χ2n) is 9.44. The number of carbonyl (C=O) groups is 1. The Morgan fingerprint density at radius 1 is 1.00 bits per heavy atom. The summed E-state index contributed by atoms with van der Waals surface area (Å²) in [6.45, 7) is 3.95. The summed E-state index contributed by atoms with van der Waals surface area (Å²) in [7, 11) is 0. The summed E-state index contributed by atoms with van der Waals surface area (Å²) in [5, 5.41) is 0. The van der Waals surface area contributed by atoms with E-state index in [1.807, 2.05) is 43.0 Å². The molecule has 1 saturated heterocycles. The quantitative estimate of drug-likeness (QED) is 0.623. The Hall–Kier alpha value is -3.48. The fourth-order valence-corrected chi connectivity index (χ4v) is 5.38. The molecule has 3 aromatic rings. The van der Waals surface area contributed by atoms with Crippen LogP contribution in [0.4, 0.5) is 4.79 Å². The van der Waals surface area contributed by atoms with Gasteiger partial charge in [-0.25, -0.2) is 14.8 Å². The molecule has 33 heavy (non-hydrogen) atoms. The summed E-state index contributed by atoms with van der Waals surface area (Å²) in [5.74, 6) is 0.729. The molecular weight excluding hydrogens is 416 g/mol. The standard InChI is InChI=1S/C26H28N4O3/c1-26(2)22(18-7-4-3-5-8-18)30(25(32)33-26)20-11-9-17(10-12-20)21-15-19(16-29-24(21)31)23-27-13-6-14-28-23/h3-8,13-17,20,22H,9-12H2,1-2H3,(H,29,31)/t17-,20-,22-/m1/s1. The lowest BCUT2D eigenvalue weighted by Gasteiger charge is -2.38. The first-order valence-electron chi connectivity index (χ1n) is 11.5. The maximum atomic E-state index is 12.9. The highest BCUT2D eigenvalue weighted by Crippen LogP contribution is 2.45. The highest BCUT2D eigenvalue weighted by atomic mass is 16.6. The number of nitrogens with zero attached hydrogens (tertiary/aromatic N) is 3. The number of hydrogen-bond acceptors (Lipinski definition) is 5. The molecule has 7 heteroatoms. The number of hydrogen-bond donors (Lipinski definition) is 1. The number of ether oxygens (including phenoxy) is 1. The van der Waals surface area contributed by atoms with E-state index in [0.717, 1.165) is 42.4 Å². The average molecular weight is 445 g/mol. The molecule has 0 unspecified atom stereocenters. The van der Waals surface area contributed by atoms with Gasteiger partial charge in [0.05, 0.1) is 6.04 Å². The van der Waals surface area contributed by atoms with Gasteiger partial charge in [0.2, 0.25) is 0 Å². The minimum atomic E-state index is -0.601. The topological polar surface area (TPSA) is 88.2 Å². The van der Waals surface area contributed by atoms with Crippen LogP contribution in [-0.2, 0) is 4.74 Å². The van der Waals surface area contributed by atoms with Crippen LogP contribution in [0, 0.1) is 0 Å². The summed E-state index contributed by atoms with van der Waals surface area (Å²) in [6, 6.07) is 13.7. The molecule has 1 amide bonds. The van der Waals surface area contributed by atoms with Crippen LogP contribution >= 0.6 is 0 Å². The zero-order valence-electron chi connectivity index (χ0n) is 18.9. The number of carbonyl (C=O) groups excluding carboxylic acids is 1. The Bertz CT molecular complexity index is 1180. The fraction of sp³-hybridized carbons (Fsp3) is 0.385. The van der Waals surface area contributed by atoms with Gasteiger partial charge >= 0.3 is 6.09 Å². The minimum Gasteiger partial charge on any atom is -0.441 e. The number of H-pyrrole nitrogens is 1. The van der Waals surface area contributed by atoms with Gasteiger partial charge < -0.3 is 9.72 Å². The largest absolute Gasteiger partial charge is 0.441 e. The van der Waals surface area contributed by atoms with Crippen LogP contribution in [0.25, 0.3) is 11.4 Å². The summed E-state index contributed by atoms with van der Waals surface area (Å²) in [6.07, 6.45) is 8.11. The van der Waals surface area contributed by atoms with Crippen molar-refractivity contribution in [3.8, 4) is 11.4 Å². The van der Waals surface area contributed by atoms with Gasteiger partial charge in [0, 0.05) is 35.8 Å². The highest BCUT2D eigenvalue weighted by molar-refractivity contribution is 5.72. The van der Waals surface area contributed by atoms with E-state index in [0.29, 0.717) is 5.82 Å². The zero-order chi connectivity index (χ0) is 23.0. The van der Waals surface area contributed by atoms with Crippen LogP contribution in [0.2, 0.25) is 0 Å². The van der Waals surface area contributed by atoms with E-state index in [2.05, 4.69) is 27.1 Å². The molecule has 2 aromatic heterocycles. The van der Waals surface area contributed by atoms with Crippen LogP contribution in [0.1, 0.15) is 62.6 Å². The Kier molecular flexibility index (Phi) is 5.48.